The number of hydrogen-bond donors (Lipinski definition) is 1. The molecule has 1 aliphatic carbocycles. The molecule has 2 aliphatic rings. The molecule has 0 bridgehead atoms. The lowest BCUT2D eigenvalue weighted by molar-refractivity contribution is 0.0831. The van der Waals surface area contributed by atoms with Crippen molar-refractivity contribution in [3.8, 4) is 16.9 Å². The minimum atomic E-state index is -0.100. The summed E-state index contributed by atoms with van der Waals surface area (Å²) in [6.45, 7) is 0.420. The summed E-state index contributed by atoms with van der Waals surface area (Å²) >= 11 is 0. The number of nitrogens with zero attached hydrogens (tertiary/aromatic N) is 3. The van der Waals surface area contributed by atoms with E-state index >= 15 is 0 Å². The third kappa shape index (κ3) is 2.16. The molecule has 2 N–H and O–H groups in total. The number of allylic oxidation sites excluding steroid dienone is 3. The summed E-state index contributed by atoms with van der Waals surface area (Å²) in [6.07, 6.45) is 9.16. The van der Waals surface area contributed by atoms with Crippen LogP contribution < -0.4 is 10.5 Å². The van der Waals surface area contributed by atoms with Gasteiger partial charge in [0.15, 0.2) is 0 Å². The van der Waals surface area contributed by atoms with Gasteiger partial charge in [0.05, 0.1) is 36.1 Å². The number of nitrogen functional groups attached to an aromatic ring is 1. The van der Waals surface area contributed by atoms with Gasteiger partial charge in [0, 0.05) is 34.6 Å². The van der Waals surface area contributed by atoms with Gasteiger partial charge in [0.2, 0.25) is 0 Å². The van der Waals surface area contributed by atoms with Crippen LogP contribution in [0.25, 0.3) is 22.0 Å². The van der Waals surface area contributed by atoms with Gasteiger partial charge in [-0.05, 0) is 18.2 Å². The Bertz CT molecular complexity index is 1180. The summed E-state index contributed by atoms with van der Waals surface area (Å²) in [6, 6.07) is 7.57. The average molecular weight is 356 g/mol. The van der Waals surface area contributed by atoms with E-state index in [1.54, 1.807) is 24.4 Å². The Morgan fingerprint density at radius 3 is 2.81 bits per heavy atom. The molecule has 1 aliphatic heterocycles. The Hall–Kier alpha value is -3.67. The molecule has 1 amide bonds. The number of benzene rings is 1. The van der Waals surface area contributed by atoms with E-state index in [-0.39, 0.29) is 5.91 Å². The van der Waals surface area contributed by atoms with E-state index in [4.69, 9.17) is 15.5 Å². The zero-order valence-corrected chi connectivity index (χ0v) is 14.6. The van der Waals surface area contributed by atoms with Crippen LogP contribution in [0.5, 0.6) is 5.75 Å². The standard InChI is InChI=1S/C21H16N4O2/c1-27-17-8-9-23-10-15(17)13-6-3-7-14-19(22)18-16(24-20(13)14)11-25(21(18)26)12-4-2-5-12/h2-10H,11H2,1H3,(H2,22,24). The number of hydrogen-bond acceptors (Lipinski definition) is 5. The highest BCUT2D eigenvalue weighted by Crippen LogP contribution is 2.39. The predicted octanol–water partition coefficient (Wildman–Crippen LogP) is 3.30. The molecule has 1 aromatic carbocycles. The molecule has 0 saturated carbocycles. The van der Waals surface area contributed by atoms with Gasteiger partial charge in [0.25, 0.3) is 5.91 Å². The van der Waals surface area contributed by atoms with Crippen molar-refractivity contribution in [3.05, 3.63) is 71.8 Å². The van der Waals surface area contributed by atoms with Gasteiger partial charge in [-0.2, -0.15) is 0 Å². The second-order valence-electron chi connectivity index (χ2n) is 6.47. The van der Waals surface area contributed by atoms with E-state index in [2.05, 4.69) is 4.98 Å². The van der Waals surface area contributed by atoms with Crippen LogP contribution in [0.2, 0.25) is 0 Å². The number of pyridine rings is 2. The number of aromatic nitrogens is 2. The fraction of sp³-hybridized carbons (Fsp3) is 0.0952. The Balaban J connectivity index is 1.74. The van der Waals surface area contributed by atoms with Crippen LogP contribution in [0.1, 0.15) is 16.1 Å². The monoisotopic (exact) mass is 356 g/mol. The molecule has 0 spiro atoms. The van der Waals surface area contributed by atoms with Crippen molar-refractivity contribution >= 4 is 22.5 Å². The van der Waals surface area contributed by atoms with Gasteiger partial charge in [-0.15, -0.1) is 0 Å². The molecule has 0 unspecified atom stereocenters. The third-order valence-corrected chi connectivity index (χ3v) is 5.03. The highest BCUT2D eigenvalue weighted by Gasteiger charge is 2.34. The number of ether oxygens (including phenoxy) is 1. The molecule has 6 nitrogen and oxygen atoms in total. The minimum absolute atomic E-state index is 0.100. The summed E-state index contributed by atoms with van der Waals surface area (Å²) in [7, 11) is 1.62. The van der Waals surface area contributed by atoms with Gasteiger partial charge < -0.3 is 15.4 Å². The summed E-state index contributed by atoms with van der Waals surface area (Å²) in [5.41, 5.74) is 11.4. The van der Waals surface area contributed by atoms with E-state index in [0.717, 1.165) is 27.7 Å². The van der Waals surface area contributed by atoms with Crippen molar-refractivity contribution < 1.29 is 9.53 Å². The zero-order valence-electron chi connectivity index (χ0n) is 14.6. The summed E-state index contributed by atoms with van der Waals surface area (Å²) in [5.74, 6) is 0.609. The van der Waals surface area contributed by atoms with Gasteiger partial charge >= 0.3 is 0 Å². The molecule has 2 aromatic heterocycles. The topological polar surface area (TPSA) is 81.3 Å². The first-order valence-corrected chi connectivity index (χ1v) is 8.58. The maximum absolute atomic E-state index is 12.9. The summed E-state index contributed by atoms with van der Waals surface area (Å²) < 4.78 is 5.48. The van der Waals surface area contributed by atoms with Crippen LogP contribution in [0.3, 0.4) is 0 Å². The van der Waals surface area contributed by atoms with E-state index in [0.29, 0.717) is 29.2 Å². The maximum Gasteiger partial charge on any atom is 0.262 e. The molecular weight excluding hydrogens is 340 g/mol. The Morgan fingerprint density at radius 2 is 2.07 bits per heavy atom. The second-order valence-corrected chi connectivity index (χ2v) is 6.47. The van der Waals surface area contributed by atoms with Crippen molar-refractivity contribution in [2.45, 2.75) is 6.54 Å². The smallest absolute Gasteiger partial charge is 0.262 e. The predicted molar refractivity (Wildman–Crippen MR) is 103 cm³/mol. The van der Waals surface area contributed by atoms with E-state index in [1.165, 1.54) is 0 Å². The van der Waals surface area contributed by atoms with Crippen molar-refractivity contribution in [3.63, 3.8) is 0 Å². The fourth-order valence-corrected chi connectivity index (χ4v) is 3.62. The van der Waals surface area contributed by atoms with Crippen molar-refractivity contribution in [1.29, 1.82) is 0 Å². The van der Waals surface area contributed by atoms with E-state index in [9.17, 15) is 4.79 Å². The Labute approximate surface area is 155 Å². The van der Waals surface area contributed by atoms with Gasteiger partial charge in [-0.1, -0.05) is 24.3 Å². The highest BCUT2D eigenvalue weighted by molar-refractivity contribution is 6.12. The number of methoxy groups -OCH3 is 1. The molecule has 0 atom stereocenters. The molecule has 6 heteroatoms. The number of carbonyl (C=O) groups excluding carboxylic acids is 1. The fourth-order valence-electron chi connectivity index (χ4n) is 3.62. The third-order valence-electron chi connectivity index (χ3n) is 5.03. The van der Waals surface area contributed by atoms with Crippen molar-refractivity contribution in [2.24, 2.45) is 0 Å². The number of carbonyl (C=O) groups is 1. The van der Waals surface area contributed by atoms with Gasteiger partial charge in [-0.3, -0.25) is 9.78 Å². The first-order valence-electron chi connectivity index (χ1n) is 8.58. The molecule has 0 radical (unpaired) electrons. The molecular formula is C21H16N4O2. The molecule has 132 valence electrons. The number of fused-ring (bicyclic) bond motifs is 2. The molecule has 3 aromatic rings. The van der Waals surface area contributed by atoms with Gasteiger partial charge in [-0.25, -0.2) is 4.98 Å². The van der Waals surface area contributed by atoms with Crippen LogP contribution in [0, 0.1) is 0 Å². The summed E-state index contributed by atoms with van der Waals surface area (Å²) in [4.78, 5) is 23.6. The maximum atomic E-state index is 12.9. The zero-order chi connectivity index (χ0) is 18.5. The number of nitrogens with two attached hydrogens (primary N) is 1. The largest absolute Gasteiger partial charge is 0.496 e. The second kappa shape index (κ2) is 5.67. The highest BCUT2D eigenvalue weighted by atomic mass is 16.5. The van der Waals surface area contributed by atoms with Crippen LogP contribution in [-0.2, 0) is 6.54 Å². The molecule has 0 saturated heterocycles. The number of anilines is 1. The first kappa shape index (κ1) is 15.6. The van der Waals surface area contributed by atoms with Crippen LogP contribution in [-0.4, -0.2) is 27.9 Å². The SMILES string of the molecule is COc1ccncc1-c1cccc2c(N)c3c(nc12)CN(C1=CC=C1)C3=O. The lowest BCUT2D eigenvalue weighted by atomic mass is 9.99. The van der Waals surface area contributed by atoms with Gasteiger partial charge in [0.1, 0.15) is 5.75 Å². The normalized spacial score (nSPS) is 14.9. The minimum Gasteiger partial charge on any atom is -0.496 e. The number of rotatable bonds is 3. The molecule has 3 heterocycles. The van der Waals surface area contributed by atoms with Crippen molar-refractivity contribution in [2.75, 3.05) is 12.8 Å². The lowest BCUT2D eigenvalue weighted by Crippen LogP contribution is -2.24. The van der Waals surface area contributed by atoms with Crippen LogP contribution in [0.15, 0.2) is 60.6 Å². The van der Waals surface area contributed by atoms with Crippen molar-refractivity contribution in [1.82, 2.24) is 14.9 Å². The van der Waals surface area contributed by atoms with Crippen LogP contribution in [0.4, 0.5) is 5.69 Å². The summed E-state index contributed by atoms with van der Waals surface area (Å²) in [5, 5.41) is 0.755. The molecule has 27 heavy (non-hydrogen) atoms. The molecule has 0 fully saturated rings. The number of para-hydroxylation sites is 1. The first-order chi connectivity index (χ1) is 13.2. The quantitative estimate of drug-likeness (QED) is 0.779. The number of amides is 1. The Morgan fingerprint density at radius 1 is 1.22 bits per heavy atom. The van der Waals surface area contributed by atoms with E-state index in [1.807, 2.05) is 42.5 Å². The van der Waals surface area contributed by atoms with Crippen LogP contribution >= 0.6 is 0 Å². The Kier molecular flexibility index (Phi) is 3.27. The average Bonchev–Trinajstić information content (AvgIpc) is 2.96. The molecule has 5 rings (SSSR count). The van der Waals surface area contributed by atoms with E-state index < -0.39 is 0 Å². The lowest BCUT2D eigenvalue weighted by Gasteiger charge is -2.19.